The summed E-state index contributed by atoms with van der Waals surface area (Å²) in [7, 11) is 0. The normalized spacial score (nSPS) is 12.5. The highest BCUT2D eigenvalue weighted by Gasteiger charge is 2.21. The zero-order valence-corrected chi connectivity index (χ0v) is 13.2. The molecule has 118 valence electrons. The predicted molar refractivity (Wildman–Crippen MR) is 92.2 cm³/mol. The summed E-state index contributed by atoms with van der Waals surface area (Å²) in [5.41, 5.74) is 2.65. The van der Waals surface area contributed by atoms with Gasteiger partial charge in [0.15, 0.2) is 0 Å². The summed E-state index contributed by atoms with van der Waals surface area (Å²) >= 11 is 0. The Bertz CT molecular complexity index is 795. The van der Waals surface area contributed by atoms with Crippen LogP contribution in [0, 0.1) is 0 Å². The molecule has 5 nitrogen and oxygen atoms in total. The van der Waals surface area contributed by atoms with E-state index in [2.05, 4.69) is 20.8 Å². The quantitative estimate of drug-likeness (QED) is 0.677. The first-order valence-electron chi connectivity index (χ1n) is 7.68. The van der Waals surface area contributed by atoms with Gasteiger partial charge in [-0.3, -0.25) is 15.2 Å². The SMILES string of the molecule is CC(C)NC(C(=O)Nc1ccc2[nH]ncc2c1)c1ccccc1. The van der Waals surface area contributed by atoms with E-state index in [4.69, 9.17) is 0 Å². The highest BCUT2D eigenvalue weighted by Crippen LogP contribution is 2.20. The molecular formula is C18H20N4O. The van der Waals surface area contributed by atoms with E-state index < -0.39 is 6.04 Å². The fourth-order valence-corrected chi connectivity index (χ4v) is 2.54. The fraction of sp³-hybridized carbons (Fsp3) is 0.222. The number of benzene rings is 2. The standard InChI is InChI=1S/C18H20N4O/c1-12(2)20-17(13-6-4-3-5-7-13)18(23)21-15-8-9-16-14(10-15)11-19-22-16/h3-12,17,20H,1-2H3,(H,19,22)(H,21,23). The van der Waals surface area contributed by atoms with E-state index in [-0.39, 0.29) is 11.9 Å². The fourth-order valence-electron chi connectivity index (χ4n) is 2.54. The molecule has 0 aliphatic carbocycles. The molecule has 0 bridgehead atoms. The van der Waals surface area contributed by atoms with Crippen molar-refractivity contribution in [1.29, 1.82) is 0 Å². The van der Waals surface area contributed by atoms with E-state index >= 15 is 0 Å². The Kier molecular flexibility index (Phi) is 4.39. The molecule has 1 amide bonds. The monoisotopic (exact) mass is 308 g/mol. The average molecular weight is 308 g/mol. The van der Waals surface area contributed by atoms with Gasteiger partial charge in [0.1, 0.15) is 6.04 Å². The molecule has 1 heterocycles. The first-order chi connectivity index (χ1) is 11.1. The summed E-state index contributed by atoms with van der Waals surface area (Å²) in [5, 5.41) is 14.2. The molecule has 0 radical (unpaired) electrons. The van der Waals surface area contributed by atoms with Crippen LogP contribution in [0.4, 0.5) is 5.69 Å². The molecule has 2 aromatic carbocycles. The number of carbonyl (C=O) groups excluding carboxylic acids is 1. The molecule has 0 aliphatic rings. The largest absolute Gasteiger partial charge is 0.324 e. The van der Waals surface area contributed by atoms with Crippen molar-refractivity contribution < 1.29 is 4.79 Å². The third kappa shape index (κ3) is 3.57. The van der Waals surface area contributed by atoms with Crippen LogP contribution in [0.15, 0.2) is 54.7 Å². The van der Waals surface area contributed by atoms with Gasteiger partial charge in [-0.25, -0.2) is 0 Å². The lowest BCUT2D eigenvalue weighted by atomic mass is 10.1. The van der Waals surface area contributed by atoms with Gasteiger partial charge in [-0.1, -0.05) is 30.3 Å². The van der Waals surface area contributed by atoms with Crippen LogP contribution in [-0.4, -0.2) is 22.1 Å². The smallest absolute Gasteiger partial charge is 0.246 e. The molecule has 0 saturated carbocycles. The second-order valence-corrected chi connectivity index (χ2v) is 5.83. The Labute approximate surface area is 135 Å². The predicted octanol–water partition coefficient (Wildman–Crippen LogP) is 3.24. The summed E-state index contributed by atoms with van der Waals surface area (Å²) in [6.07, 6.45) is 1.74. The van der Waals surface area contributed by atoms with Gasteiger partial charge in [-0.05, 0) is 37.6 Å². The van der Waals surface area contributed by atoms with Crippen molar-refractivity contribution in [3.8, 4) is 0 Å². The first-order valence-corrected chi connectivity index (χ1v) is 7.68. The van der Waals surface area contributed by atoms with Gasteiger partial charge in [0.05, 0.1) is 11.7 Å². The lowest BCUT2D eigenvalue weighted by Crippen LogP contribution is -2.36. The number of aromatic amines is 1. The topological polar surface area (TPSA) is 69.8 Å². The number of carbonyl (C=O) groups is 1. The van der Waals surface area contributed by atoms with Crippen molar-refractivity contribution in [2.75, 3.05) is 5.32 Å². The van der Waals surface area contributed by atoms with E-state index in [0.29, 0.717) is 0 Å². The van der Waals surface area contributed by atoms with E-state index in [1.165, 1.54) is 0 Å². The van der Waals surface area contributed by atoms with Gasteiger partial charge in [-0.15, -0.1) is 0 Å². The maximum atomic E-state index is 12.7. The number of hydrogen-bond donors (Lipinski definition) is 3. The van der Waals surface area contributed by atoms with Crippen molar-refractivity contribution in [3.05, 3.63) is 60.3 Å². The van der Waals surface area contributed by atoms with E-state index in [0.717, 1.165) is 22.2 Å². The molecule has 0 saturated heterocycles. The van der Waals surface area contributed by atoms with E-state index in [1.54, 1.807) is 6.20 Å². The van der Waals surface area contributed by atoms with Crippen LogP contribution in [0.3, 0.4) is 0 Å². The summed E-state index contributed by atoms with van der Waals surface area (Å²) in [6, 6.07) is 15.2. The Morgan fingerprint density at radius 1 is 1.13 bits per heavy atom. The lowest BCUT2D eigenvalue weighted by molar-refractivity contribution is -0.118. The van der Waals surface area contributed by atoms with Gasteiger partial charge in [0, 0.05) is 17.1 Å². The van der Waals surface area contributed by atoms with E-state index in [1.807, 2.05) is 62.4 Å². The minimum absolute atomic E-state index is 0.0762. The van der Waals surface area contributed by atoms with Crippen LogP contribution < -0.4 is 10.6 Å². The van der Waals surface area contributed by atoms with Gasteiger partial charge >= 0.3 is 0 Å². The van der Waals surface area contributed by atoms with Crippen molar-refractivity contribution in [2.24, 2.45) is 0 Å². The summed E-state index contributed by atoms with van der Waals surface area (Å²) in [5.74, 6) is -0.0762. The second kappa shape index (κ2) is 6.62. The molecule has 3 rings (SSSR count). The number of fused-ring (bicyclic) bond motifs is 1. The Hall–Kier alpha value is -2.66. The number of nitrogens with one attached hydrogen (secondary N) is 3. The van der Waals surface area contributed by atoms with Crippen molar-refractivity contribution in [3.63, 3.8) is 0 Å². The third-order valence-corrected chi connectivity index (χ3v) is 3.60. The zero-order valence-electron chi connectivity index (χ0n) is 13.2. The molecule has 1 atom stereocenters. The maximum Gasteiger partial charge on any atom is 0.246 e. The minimum atomic E-state index is -0.392. The van der Waals surface area contributed by atoms with Gasteiger partial charge < -0.3 is 5.32 Å². The number of amides is 1. The number of hydrogen-bond acceptors (Lipinski definition) is 3. The molecule has 5 heteroatoms. The van der Waals surface area contributed by atoms with Crippen molar-refractivity contribution in [2.45, 2.75) is 25.9 Å². The molecule has 0 aliphatic heterocycles. The van der Waals surface area contributed by atoms with Crippen molar-refractivity contribution in [1.82, 2.24) is 15.5 Å². The number of aromatic nitrogens is 2. The highest BCUT2D eigenvalue weighted by molar-refractivity contribution is 5.97. The molecule has 23 heavy (non-hydrogen) atoms. The van der Waals surface area contributed by atoms with Gasteiger partial charge in [-0.2, -0.15) is 5.10 Å². The van der Waals surface area contributed by atoms with Crippen molar-refractivity contribution >= 4 is 22.5 Å². The van der Waals surface area contributed by atoms with Crippen LogP contribution in [0.2, 0.25) is 0 Å². The van der Waals surface area contributed by atoms with Gasteiger partial charge in [0.2, 0.25) is 5.91 Å². The van der Waals surface area contributed by atoms with Crippen LogP contribution >= 0.6 is 0 Å². The molecule has 0 spiro atoms. The Balaban J connectivity index is 1.82. The molecule has 1 unspecified atom stereocenters. The minimum Gasteiger partial charge on any atom is -0.324 e. The number of nitrogens with zero attached hydrogens (tertiary/aromatic N) is 1. The van der Waals surface area contributed by atoms with Crippen LogP contribution in [-0.2, 0) is 4.79 Å². The molecule has 3 aromatic rings. The lowest BCUT2D eigenvalue weighted by Gasteiger charge is -2.21. The summed E-state index contributed by atoms with van der Waals surface area (Å²) < 4.78 is 0. The van der Waals surface area contributed by atoms with Crippen LogP contribution in [0.1, 0.15) is 25.5 Å². The molecule has 0 fully saturated rings. The highest BCUT2D eigenvalue weighted by atomic mass is 16.2. The van der Waals surface area contributed by atoms with E-state index in [9.17, 15) is 4.79 Å². The maximum absolute atomic E-state index is 12.7. The third-order valence-electron chi connectivity index (χ3n) is 3.60. The van der Waals surface area contributed by atoms with Gasteiger partial charge in [0.25, 0.3) is 0 Å². The second-order valence-electron chi connectivity index (χ2n) is 5.83. The first kappa shape index (κ1) is 15.2. The number of rotatable bonds is 5. The molecule has 1 aromatic heterocycles. The Morgan fingerprint density at radius 2 is 1.91 bits per heavy atom. The van der Waals surface area contributed by atoms with Crippen LogP contribution in [0.25, 0.3) is 10.9 Å². The average Bonchev–Trinajstić information content (AvgIpc) is 3.01. The Morgan fingerprint density at radius 3 is 2.65 bits per heavy atom. The zero-order chi connectivity index (χ0) is 16.2. The number of H-pyrrole nitrogens is 1. The summed E-state index contributed by atoms with van der Waals surface area (Å²) in [6.45, 7) is 4.06. The molecule has 3 N–H and O–H groups in total. The van der Waals surface area contributed by atoms with Crippen LogP contribution in [0.5, 0.6) is 0 Å². The summed E-state index contributed by atoms with van der Waals surface area (Å²) in [4.78, 5) is 12.7. The number of anilines is 1. The molecular weight excluding hydrogens is 288 g/mol.